The molecule has 0 aliphatic carbocycles. The molecule has 1 aliphatic rings. The van der Waals surface area contributed by atoms with Gasteiger partial charge in [0.1, 0.15) is 0 Å². The van der Waals surface area contributed by atoms with Gasteiger partial charge in [0.25, 0.3) is 0 Å². The minimum absolute atomic E-state index is 0.270. The first-order chi connectivity index (χ1) is 9.36. The van der Waals surface area contributed by atoms with Gasteiger partial charge in [-0.1, -0.05) is 42.5 Å². The van der Waals surface area contributed by atoms with Gasteiger partial charge in [-0.2, -0.15) is 11.8 Å². The molecule has 1 aromatic carbocycles. The molecule has 102 valence electrons. The van der Waals surface area contributed by atoms with Crippen molar-refractivity contribution in [2.75, 3.05) is 24.6 Å². The molecule has 0 radical (unpaired) electrons. The van der Waals surface area contributed by atoms with Gasteiger partial charge in [0.05, 0.1) is 0 Å². The maximum Gasteiger partial charge on any atom is 0.226 e. The van der Waals surface area contributed by atoms with Crippen LogP contribution in [0.5, 0.6) is 0 Å². The van der Waals surface area contributed by atoms with E-state index in [2.05, 4.69) is 18.2 Å². The maximum atomic E-state index is 12.0. The lowest BCUT2D eigenvalue weighted by molar-refractivity contribution is -0.130. The van der Waals surface area contributed by atoms with Gasteiger partial charge in [0, 0.05) is 25.3 Å². The van der Waals surface area contributed by atoms with Crippen molar-refractivity contribution in [3.05, 3.63) is 48.0 Å². The Balaban J connectivity index is 1.73. The Labute approximate surface area is 119 Å². The van der Waals surface area contributed by atoms with Crippen molar-refractivity contribution in [2.24, 2.45) is 0 Å². The predicted molar refractivity (Wildman–Crippen MR) is 82.4 cm³/mol. The number of hydrogen-bond donors (Lipinski definition) is 0. The highest BCUT2D eigenvalue weighted by atomic mass is 32.2. The predicted octanol–water partition coefficient (Wildman–Crippen LogP) is 3.14. The Morgan fingerprint density at radius 3 is 2.84 bits per heavy atom. The monoisotopic (exact) mass is 275 g/mol. The van der Waals surface area contributed by atoms with Gasteiger partial charge in [0.2, 0.25) is 5.91 Å². The highest BCUT2D eigenvalue weighted by Crippen LogP contribution is 2.11. The summed E-state index contributed by atoms with van der Waals surface area (Å²) in [5.41, 5.74) is 1.29. The summed E-state index contributed by atoms with van der Waals surface area (Å²) >= 11 is 1.95. The van der Waals surface area contributed by atoms with E-state index in [1.807, 2.05) is 40.9 Å². The zero-order valence-corrected chi connectivity index (χ0v) is 12.1. The summed E-state index contributed by atoms with van der Waals surface area (Å²) < 4.78 is 0. The smallest absolute Gasteiger partial charge is 0.226 e. The zero-order chi connectivity index (χ0) is 13.3. The quantitative estimate of drug-likeness (QED) is 0.787. The molecule has 2 rings (SSSR count). The number of allylic oxidation sites excluding steroid dienone is 1. The van der Waals surface area contributed by atoms with Gasteiger partial charge < -0.3 is 4.90 Å². The maximum absolute atomic E-state index is 12.0. The van der Waals surface area contributed by atoms with Gasteiger partial charge >= 0.3 is 0 Å². The molecular formula is C16H21NOS. The average Bonchev–Trinajstić information content (AvgIpc) is 2.73. The Morgan fingerprint density at radius 1 is 1.16 bits per heavy atom. The molecule has 0 bridgehead atoms. The normalized spacial score (nSPS) is 16.5. The van der Waals surface area contributed by atoms with Crippen molar-refractivity contribution in [2.45, 2.75) is 19.3 Å². The number of carbonyl (C=O) groups excluding carboxylic acids is 1. The second-order valence-electron chi connectivity index (χ2n) is 4.71. The summed E-state index contributed by atoms with van der Waals surface area (Å²) in [7, 11) is 0. The fourth-order valence-electron chi connectivity index (χ4n) is 2.14. The van der Waals surface area contributed by atoms with Crippen molar-refractivity contribution >= 4 is 17.7 Å². The molecule has 19 heavy (non-hydrogen) atoms. The van der Waals surface area contributed by atoms with Gasteiger partial charge in [-0.05, 0) is 24.2 Å². The topological polar surface area (TPSA) is 20.3 Å². The molecular weight excluding hydrogens is 254 g/mol. The van der Waals surface area contributed by atoms with Crippen LogP contribution in [0.25, 0.3) is 0 Å². The fourth-order valence-corrected chi connectivity index (χ4v) is 3.03. The van der Waals surface area contributed by atoms with Gasteiger partial charge in [-0.25, -0.2) is 0 Å². The number of hydrogen-bond acceptors (Lipinski definition) is 2. The molecule has 1 aromatic rings. The third kappa shape index (κ3) is 5.11. The average molecular weight is 275 g/mol. The molecule has 0 spiro atoms. The van der Waals surface area contributed by atoms with Crippen LogP contribution >= 0.6 is 11.8 Å². The molecule has 3 heteroatoms. The van der Waals surface area contributed by atoms with Crippen LogP contribution in [-0.2, 0) is 11.2 Å². The highest BCUT2D eigenvalue weighted by molar-refractivity contribution is 7.99. The second kappa shape index (κ2) is 8.05. The van der Waals surface area contributed by atoms with Crippen LogP contribution in [0.3, 0.4) is 0 Å². The number of nitrogens with zero attached hydrogens (tertiary/aromatic N) is 1. The number of rotatable bonds is 4. The Bertz CT molecular complexity index is 408. The first-order valence-corrected chi connectivity index (χ1v) is 8.06. The standard InChI is InChI=1S/C16H21NOS/c18-16(17-11-6-13-19-14-12-17)10-5-4-9-15-7-2-1-3-8-15/h1-5,7-8H,6,9-14H2. The molecule has 0 atom stereocenters. The van der Waals surface area contributed by atoms with E-state index >= 15 is 0 Å². The summed E-state index contributed by atoms with van der Waals surface area (Å²) in [4.78, 5) is 14.0. The van der Waals surface area contributed by atoms with Gasteiger partial charge in [-0.15, -0.1) is 0 Å². The number of benzene rings is 1. The van der Waals surface area contributed by atoms with E-state index in [4.69, 9.17) is 0 Å². The van der Waals surface area contributed by atoms with Gasteiger partial charge in [-0.3, -0.25) is 4.79 Å². The van der Waals surface area contributed by atoms with E-state index in [1.54, 1.807) is 0 Å². The molecule has 1 fully saturated rings. The fraction of sp³-hybridized carbons (Fsp3) is 0.438. The summed E-state index contributed by atoms with van der Waals surface area (Å²) in [5.74, 6) is 2.54. The third-order valence-electron chi connectivity index (χ3n) is 3.23. The van der Waals surface area contributed by atoms with E-state index in [-0.39, 0.29) is 5.91 Å². The summed E-state index contributed by atoms with van der Waals surface area (Å²) in [5, 5.41) is 0. The minimum atomic E-state index is 0.270. The SMILES string of the molecule is O=C(CC=CCc1ccccc1)N1CCCSCC1. The summed E-state index contributed by atoms with van der Waals surface area (Å²) in [6.45, 7) is 1.84. The molecule has 1 aliphatic heterocycles. The Morgan fingerprint density at radius 2 is 2.00 bits per heavy atom. The van der Waals surface area contributed by atoms with E-state index in [0.29, 0.717) is 6.42 Å². The molecule has 0 unspecified atom stereocenters. The molecule has 1 amide bonds. The number of amides is 1. The van der Waals surface area contributed by atoms with E-state index < -0.39 is 0 Å². The molecule has 0 aromatic heterocycles. The van der Waals surface area contributed by atoms with E-state index in [0.717, 1.165) is 31.7 Å². The summed E-state index contributed by atoms with van der Waals surface area (Å²) in [6.07, 6.45) is 6.68. The largest absolute Gasteiger partial charge is 0.342 e. The van der Waals surface area contributed by atoms with Crippen molar-refractivity contribution in [1.82, 2.24) is 4.90 Å². The van der Waals surface area contributed by atoms with E-state index in [1.165, 1.54) is 11.3 Å². The zero-order valence-electron chi connectivity index (χ0n) is 11.3. The third-order valence-corrected chi connectivity index (χ3v) is 4.28. The lowest BCUT2D eigenvalue weighted by Crippen LogP contribution is -2.32. The molecule has 1 saturated heterocycles. The Hall–Kier alpha value is -1.22. The minimum Gasteiger partial charge on any atom is -0.342 e. The summed E-state index contributed by atoms with van der Waals surface area (Å²) in [6, 6.07) is 10.3. The number of thioether (sulfide) groups is 1. The molecule has 1 heterocycles. The molecule has 2 nitrogen and oxygen atoms in total. The van der Waals surface area contributed by atoms with Crippen LogP contribution in [0.1, 0.15) is 18.4 Å². The lowest BCUT2D eigenvalue weighted by Gasteiger charge is -2.18. The highest BCUT2D eigenvalue weighted by Gasteiger charge is 2.13. The second-order valence-corrected chi connectivity index (χ2v) is 5.94. The number of carbonyl (C=O) groups is 1. The van der Waals surface area contributed by atoms with Crippen molar-refractivity contribution < 1.29 is 4.79 Å². The molecule has 0 N–H and O–H groups in total. The van der Waals surface area contributed by atoms with Crippen LogP contribution in [0.2, 0.25) is 0 Å². The van der Waals surface area contributed by atoms with Crippen LogP contribution in [0.4, 0.5) is 0 Å². The first kappa shape index (κ1) is 14.2. The van der Waals surface area contributed by atoms with Crippen molar-refractivity contribution in [1.29, 1.82) is 0 Å². The van der Waals surface area contributed by atoms with Crippen LogP contribution < -0.4 is 0 Å². The van der Waals surface area contributed by atoms with Crippen molar-refractivity contribution in [3.8, 4) is 0 Å². The Kier molecular flexibility index (Phi) is 6.02. The van der Waals surface area contributed by atoms with Crippen LogP contribution in [0, 0.1) is 0 Å². The van der Waals surface area contributed by atoms with Crippen LogP contribution in [0.15, 0.2) is 42.5 Å². The van der Waals surface area contributed by atoms with Gasteiger partial charge in [0.15, 0.2) is 0 Å². The van der Waals surface area contributed by atoms with Crippen molar-refractivity contribution in [3.63, 3.8) is 0 Å². The lowest BCUT2D eigenvalue weighted by atomic mass is 10.1. The first-order valence-electron chi connectivity index (χ1n) is 6.91. The van der Waals surface area contributed by atoms with Crippen LogP contribution in [-0.4, -0.2) is 35.4 Å². The molecule has 0 saturated carbocycles. The van der Waals surface area contributed by atoms with E-state index in [9.17, 15) is 4.79 Å².